The van der Waals surface area contributed by atoms with Crippen molar-refractivity contribution in [2.24, 2.45) is 5.11 Å². The van der Waals surface area contributed by atoms with Gasteiger partial charge in [-0.15, -0.1) is 0 Å². The monoisotopic (exact) mass is 306 g/mol. The van der Waals surface area contributed by atoms with Gasteiger partial charge in [-0.3, -0.25) is 14.9 Å². The van der Waals surface area contributed by atoms with Gasteiger partial charge in [0.2, 0.25) is 0 Å². The molecule has 0 saturated carbocycles. The average Bonchev–Trinajstić information content (AvgIpc) is 2.84. The maximum Gasteiger partial charge on any atom is 0.259 e. The summed E-state index contributed by atoms with van der Waals surface area (Å²) in [5.74, 6) is -0.707. The number of amides is 2. The van der Waals surface area contributed by atoms with Gasteiger partial charge in [-0.05, 0) is 35.1 Å². The van der Waals surface area contributed by atoms with Crippen LogP contribution in [0.15, 0.2) is 47.6 Å². The molecule has 1 aliphatic rings. The Hall–Kier alpha value is -3.11. The predicted octanol–water partition coefficient (Wildman–Crippen LogP) is 3.86. The largest absolute Gasteiger partial charge is 0.288 e. The first-order chi connectivity index (χ1) is 11.1. The van der Waals surface area contributed by atoms with E-state index < -0.39 is 0 Å². The first-order valence-electron chi connectivity index (χ1n) is 7.23. The van der Waals surface area contributed by atoms with Crippen molar-refractivity contribution in [2.45, 2.75) is 19.3 Å². The minimum atomic E-state index is -0.353. The lowest BCUT2D eigenvalue weighted by atomic mass is 9.88. The molecule has 2 amide bonds. The summed E-state index contributed by atoms with van der Waals surface area (Å²) in [7, 11) is 0. The number of carbonyl (C=O) groups is 2. The van der Waals surface area contributed by atoms with Gasteiger partial charge >= 0.3 is 0 Å². The van der Waals surface area contributed by atoms with Crippen LogP contribution in [-0.4, -0.2) is 11.8 Å². The van der Waals surface area contributed by atoms with Gasteiger partial charge < -0.3 is 0 Å². The molecule has 1 N–H and O–H groups in total. The third-order valence-electron chi connectivity index (χ3n) is 4.00. The van der Waals surface area contributed by atoms with Gasteiger partial charge in [0.05, 0.1) is 11.1 Å². The first-order valence-corrected chi connectivity index (χ1v) is 7.23. The zero-order valence-corrected chi connectivity index (χ0v) is 12.5. The van der Waals surface area contributed by atoms with Crippen LogP contribution in [0.2, 0.25) is 0 Å². The fourth-order valence-corrected chi connectivity index (χ4v) is 2.93. The smallest absolute Gasteiger partial charge is 0.259 e. The van der Waals surface area contributed by atoms with E-state index in [2.05, 4.69) is 15.3 Å². The number of fused-ring (bicyclic) bond motifs is 1. The van der Waals surface area contributed by atoms with Crippen molar-refractivity contribution in [3.63, 3.8) is 0 Å². The molecule has 6 heteroatoms. The van der Waals surface area contributed by atoms with Crippen LogP contribution >= 0.6 is 0 Å². The van der Waals surface area contributed by atoms with Gasteiger partial charge in [0.1, 0.15) is 0 Å². The summed E-state index contributed by atoms with van der Waals surface area (Å²) < 4.78 is 0. The molecule has 2 aromatic rings. The highest BCUT2D eigenvalue weighted by Gasteiger charge is 2.30. The Morgan fingerprint density at radius 1 is 1.13 bits per heavy atom. The second kappa shape index (κ2) is 5.94. The van der Waals surface area contributed by atoms with Gasteiger partial charge in [-0.2, -0.15) is 0 Å². The highest BCUT2D eigenvalue weighted by Crippen LogP contribution is 2.31. The molecule has 0 radical (unpaired) electrons. The second-order valence-electron chi connectivity index (χ2n) is 5.48. The Morgan fingerprint density at radius 3 is 2.70 bits per heavy atom. The summed E-state index contributed by atoms with van der Waals surface area (Å²) in [6.45, 7) is 1.98. The molecule has 0 aliphatic carbocycles. The molecule has 6 nitrogen and oxygen atoms in total. The molecule has 0 saturated heterocycles. The van der Waals surface area contributed by atoms with Crippen LogP contribution in [0, 0.1) is 0 Å². The maximum absolute atomic E-state index is 12.0. The SMILES string of the molecule is C[C@@H](Cc1ccccc1N=[N+]=[N-])c1cccc2c1C(=O)NC2=O. The number of carbonyl (C=O) groups excluding carboxylic acids is 2. The Balaban J connectivity index is 1.97. The number of benzene rings is 2. The molecule has 1 aliphatic heterocycles. The van der Waals surface area contributed by atoms with E-state index in [1.807, 2.05) is 31.2 Å². The Kier molecular flexibility index (Phi) is 3.83. The lowest BCUT2D eigenvalue weighted by molar-refractivity contribution is 0.0879. The van der Waals surface area contributed by atoms with Crippen molar-refractivity contribution in [3.8, 4) is 0 Å². The number of azide groups is 1. The third-order valence-corrected chi connectivity index (χ3v) is 4.00. The Bertz CT molecular complexity index is 853. The third kappa shape index (κ3) is 2.67. The summed E-state index contributed by atoms with van der Waals surface area (Å²) in [5, 5.41) is 6.03. The molecule has 0 unspecified atom stereocenters. The van der Waals surface area contributed by atoms with Gasteiger partial charge in [0.25, 0.3) is 11.8 Å². The number of rotatable bonds is 4. The summed E-state index contributed by atoms with van der Waals surface area (Å²) in [6, 6.07) is 12.6. The summed E-state index contributed by atoms with van der Waals surface area (Å²) in [6.07, 6.45) is 0.604. The average molecular weight is 306 g/mol. The molecule has 0 aromatic heterocycles. The molecular weight excluding hydrogens is 292 g/mol. The molecule has 114 valence electrons. The van der Waals surface area contributed by atoms with Crippen LogP contribution < -0.4 is 5.32 Å². The molecule has 23 heavy (non-hydrogen) atoms. The van der Waals surface area contributed by atoms with Crippen LogP contribution in [0.4, 0.5) is 5.69 Å². The Morgan fingerprint density at radius 2 is 1.91 bits per heavy atom. The van der Waals surface area contributed by atoms with Crippen molar-refractivity contribution < 1.29 is 9.59 Å². The molecule has 3 rings (SSSR count). The Labute approximate surface area is 132 Å². The highest BCUT2D eigenvalue weighted by atomic mass is 16.2. The van der Waals surface area contributed by atoms with Crippen LogP contribution in [0.25, 0.3) is 10.4 Å². The van der Waals surface area contributed by atoms with E-state index in [-0.39, 0.29) is 17.7 Å². The molecule has 1 atom stereocenters. The maximum atomic E-state index is 12.0. The second-order valence-corrected chi connectivity index (χ2v) is 5.48. The molecule has 1 heterocycles. The molecule has 0 fully saturated rings. The number of hydrogen-bond donors (Lipinski definition) is 1. The number of nitrogens with one attached hydrogen (secondary N) is 1. The van der Waals surface area contributed by atoms with Crippen LogP contribution in [0.5, 0.6) is 0 Å². The quantitative estimate of drug-likeness (QED) is 0.402. The van der Waals surface area contributed by atoms with E-state index in [1.165, 1.54) is 0 Å². The van der Waals surface area contributed by atoms with E-state index in [9.17, 15) is 9.59 Å². The van der Waals surface area contributed by atoms with Gasteiger partial charge in [-0.1, -0.05) is 48.4 Å². The van der Waals surface area contributed by atoms with Crippen molar-refractivity contribution >= 4 is 17.5 Å². The summed E-state index contributed by atoms with van der Waals surface area (Å²) >= 11 is 0. The van der Waals surface area contributed by atoms with Crippen molar-refractivity contribution in [1.82, 2.24) is 5.32 Å². The van der Waals surface area contributed by atoms with Crippen LogP contribution in [-0.2, 0) is 6.42 Å². The van der Waals surface area contributed by atoms with Gasteiger partial charge in [-0.25, -0.2) is 0 Å². The van der Waals surface area contributed by atoms with Crippen molar-refractivity contribution in [3.05, 3.63) is 75.2 Å². The number of imide groups is 1. The fraction of sp³-hybridized carbons (Fsp3) is 0.176. The molecular formula is C17H14N4O2. The van der Waals surface area contributed by atoms with E-state index >= 15 is 0 Å². The normalized spacial score (nSPS) is 14.0. The fourth-order valence-electron chi connectivity index (χ4n) is 2.93. The summed E-state index contributed by atoms with van der Waals surface area (Å²) in [5.41, 5.74) is 11.8. The molecule has 0 bridgehead atoms. The lowest BCUT2D eigenvalue weighted by Crippen LogP contribution is -2.20. The van der Waals surface area contributed by atoms with E-state index in [1.54, 1.807) is 18.2 Å². The number of hydrogen-bond acceptors (Lipinski definition) is 3. The lowest BCUT2D eigenvalue weighted by Gasteiger charge is -2.16. The van der Waals surface area contributed by atoms with E-state index in [0.29, 0.717) is 23.2 Å². The predicted molar refractivity (Wildman–Crippen MR) is 85.6 cm³/mol. The molecule has 2 aromatic carbocycles. The van der Waals surface area contributed by atoms with Gasteiger partial charge in [0.15, 0.2) is 0 Å². The van der Waals surface area contributed by atoms with E-state index in [0.717, 1.165) is 11.1 Å². The van der Waals surface area contributed by atoms with Gasteiger partial charge in [0, 0.05) is 10.6 Å². The minimum absolute atomic E-state index is 0.00311. The number of nitrogens with zero attached hydrogens (tertiary/aromatic N) is 3. The highest BCUT2D eigenvalue weighted by molar-refractivity contribution is 6.22. The topological polar surface area (TPSA) is 94.9 Å². The van der Waals surface area contributed by atoms with E-state index in [4.69, 9.17) is 5.53 Å². The zero-order chi connectivity index (χ0) is 16.4. The van der Waals surface area contributed by atoms with Crippen molar-refractivity contribution in [1.29, 1.82) is 0 Å². The van der Waals surface area contributed by atoms with Crippen molar-refractivity contribution in [2.75, 3.05) is 0 Å². The summed E-state index contributed by atoms with van der Waals surface area (Å²) in [4.78, 5) is 26.6. The standard InChI is InChI=1S/C17H14N4O2/c1-10(9-11-5-2-3-8-14(11)20-21-18)12-6-4-7-13-15(12)17(23)19-16(13)22/h2-8,10H,9H2,1H3,(H,19,22,23)/t10-/m0/s1. The zero-order valence-electron chi connectivity index (χ0n) is 12.5. The minimum Gasteiger partial charge on any atom is -0.288 e. The first kappa shape index (κ1) is 14.8. The van der Waals surface area contributed by atoms with Crippen LogP contribution in [0.1, 0.15) is 44.7 Å². The molecule has 0 spiro atoms. The van der Waals surface area contributed by atoms with Crippen LogP contribution in [0.3, 0.4) is 0 Å².